The second-order valence-corrected chi connectivity index (χ2v) is 7.05. The van der Waals surface area contributed by atoms with E-state index in [1.54, 1.807) is 25.3 Å². The van der Waals surface area contributed by atoms with E-state index in [1.165, 1.54) is 11.0 Å². The van der Waals surface area contributed by atoms with E-state index < -0.39 is 11.9 Å². The zero-order valence-electron chi connectivity index (χ0n) is 17.5. The number of anilines is 2. The molecule has 0 saturated heterocycles. The summed E-state index contributed by atoms with van der Waals surface area (Å²) in [7, 11) is 1.55. The monoisotopic (exact) mass is 412 g/mol. The number of nitrogens with zero attached hydrogens (tertiary/aromatic N) is 1. The molecule has 0 aliphatic rings. The highest BCUT2D eigenvalue weighted by Crippen LogP contribution is 2.24. The van der Waals surface area contributed by atoms with Gasteiger partial charge in [0.15, 0.2) is 5.82 Å². The predicted molar refractivity (Wildman–Crippen MR) is 118 cm³/mol. The summed E-state index contributed by atoms with van der Waals surface area (Å²) < 4.78 is 14.2. The van der Waals surface area contributed by atoms with Crippen molar-refractivity contribution in [3.05, 3.63) is 71.6 Å². The molecule has 30 heavy (non-hydrogen) atoms. The lowest BCUT2D eigenvalue weighted by molar-refractivity contribution is -0.133. The number of hydrogen-bond acceptors (Lipinski definition) is 4. The van der Waals surface area contributed by atoms with Crippen molar-refractivity contribution in [3.63, 3.8) is 0 Å². The Balaban J connectivity index is 2.27. The third-order valence-electron chi connectivity index (χ3n) is 5.06. The maximum Gasteiger partial charge on any atom is 0.242 e. The van der Waals surface area contributed by atoms with Crippen molar-refractivity contribution >= 4 is 23.7 Å². The summed E-state index contributed by atoms with van der Waals surface area (Å²) in [4.78, 5) is 25.7. The van der Waals surface area contributed by atoms with Gasteiger partial charge in [0.2, 0.25) is 12.3 Å². The van der Waals surface area contributed by atoms with E-state index in [4.69, 9.17) is 5.73 Å². The quantitative estimate of drug-likeness (QED) is 0.300. The normalized spacial score (nSPS) is 11.4. The SMILES string of the molecule is C=CCCC(C(=O)NC)N(C=O)Cc1c(C)cccc1NCc1cccc(N)c1F. The molecule has 0 aliphatic heterocycles. The number of nitrogens with one attached hydrogen (secondary N) is 2. The fraction of sp³-hybridized carbons (Fsp3) is 0.304. The van der Waals surface area contributed by atoms with Gasteiger partial charge >= 0.3 is 0 Å². The number of amides is 2. The number of nitrogens with two attached hydrogens (primary N) is 1. The van der Waals surface area contributed by atoms with E-state index in [0.29, 0.717) is 24.8 Å². The number of rotatable bonds is 11. The second-order valence-electron chi connectivity index (χ2n) is 7.05. The summed E-state index contributed by atoms with van der Waals surface area (Å²) in [5, 5.41) is 5.86. The molecule has 2 rings (SSSR count). The first-order chi connectivity index (χ1) is 14.4. The van der Waals surface area contributed by atoms with Crippen LogP contribution < -0.4 is 16.4 Å². The Morgan fingerprint density at radius 2 is 2.03 bits per heavy atom. The number of hydrogen-bond donors (Lipinski definition) is 3. The molecule has 0 radical (unpaired) electrons. The molecule has 0 saturated carbocycles. The number of nitrogen functional groups attached to an aromatic ring is 1. The molecule has 1 atom stereocenters. The highest BCUT2D eigenvalue weighted by molar-refractivity contribution is 5.83. The largest absolute Gasteiger partial charge is 0.396 e. The summed E-state index contributed by atoms with van der Waals surface area (Å²) in [6, 6.07) is 9.97. The third kappa shape index (κ3) is 5.59. The Morgan fingerprint density at radius 1 is 1.30 bits per heavy atom. The van der Waals surface area contributed by atoms with Crippen molar-refractivity contribution in [2.75, 3.05) is 18.1 Å². The van der Waals surface area contributed by atoms with Gasteiger partial charge in [-0.3, -0.25) is 9.59 Å². The number of benzene rings is 2. The number of allylic oxidation sites excluding steroid dienone is 1. The molecule has 0 spiro atoms. The van der Waals surface area contributed by atoms with Crippen molar-refractivity contribution < 1.29 is 14.0 Å². The highest BCUT2D eigenvalue weighted by atomic mass is 19.1. The van der Waals surface area contributed by atoms with Crippen molar-refractivity contribution in [1.29, 1.82) is 0 Å². The molecule has 7 heteroatoms. The smallest absolute Gasteiger partial charge is 0.242 e. The van der Waals surface area contributed by atoms with Crippen LogP contribution in [0.3, 0.4) is 0 Å². The Morgan fingerprint density at radius 3 is 2.70 bits per heavy atom. The molecular weight excluding hydrogens is 383 g/mol. The van der Waals surface area contributed by atoms with Gasteiger partial charge in [0.1, 0.15) is 6.04 Å². The lowest BCUT2D eigenvalue weighted by atomic mass is 10.0. The summed E-state index contributed by atoms with van der Waals surface area (Å²) >= 11 is 0. The minimum Gasteiger partial charge on any atom is -0.396 e. The van der Waals surface area contributed by atoms with Gasteiger partial charge in [-0.2, -0.15) is 0 Å². The van der Waals surface area contributed by atoms with Crippen molar-refractivity contribution in [2.45, 2.75) is 38.9 Å². The number of carbonyl (C=O) groups is 2. The van der Waals surface area contributed by atoms with Gasteiger partial charge in [0, 0.05) is 31.4 Å². The molecule has 6 nitrogen and oxygen atoms in total. The van der Waals surface area contributed by atoms with Crippen LogP contribution in [0.2, 0.25) is 0 Å². The van der Waals surface area contributed by atoms with Gasteiger partial charge in [0.25, 0.3) is 0 Å². The molecular formula is C23H29FN4O2. The van der Waals surface area contributed by atoms with Crippen molar-refractivity contribution in [3.8, 4) is 0 Å². The summed E-state index contributed by atoms with van der Waals surface area (Å²) in [5.74, 6) is -0.674. The Hall–Kier alpha value is -3.35. The Bertz CT molecular complexity index is 901. The van der Waals surface area contributed by atoms with Crippen LogP contribution in [0.1, 0.15) is 29.5 Å². The van der Waals surface area contributed by atoms with Crippen LogP contribution in [0.5, 0.6) is 0 Å². The molecule has 0 heterocycles. The highest BCUT2D eigenvalue weighted by Gasteiger charge is 2.24. The van der Waals surface area contributed by atoms with E-state index in [0.717, 1.165) is 16.8 Å². The average molecular weight is 413 g/mol. The van der Waals surface area contributed by atoms with Crippen LogP contribution in [0.4, 0.5) is 15.8 Å². The Kier molecular flexibility index (Phi) is 8.41. The minimum atomic E-state index is -0.607. The zero-order valence-corrected chi connectivity index (χ0v) is 17.5. The molecule has 0 aromatic heterocycles. The van der Waals surface area contributed by atoms with Crippen LogP contribution in [-0.2, 0) is 22.7 Å². The van der Waals surface area contributed by atoms with Crippen LogP contribution in [-0.4, -0.2) is 30.3 Å². The van der Waals surface area contributed by atoms with Crippen molar-refractivity contribution in [2.24, 2.45) is 0 Å². The lowest BCUT2D eigenvalue weighted by Crippen LogP contribution is -2.45. The minimum absolute atomic E-state index is 0.0986. The lowest BCUT2D eigenvalue weighted by Gasteiger charge is -2.28. The number of likely N-dealkylation sites (N-methyl/N-ethyl adjacent to an activating group) is 1. The maximum atomic E-state index is 14.2. The molecule has 4 N–H and O–H groups in total. The first-order valence-electron chi connectivity index (χ1n) is 9.81. The topological polar surface area (TPSA) is 87.5 Å². The fourth-order valence-corrected chi connectivity index (χ4v) is 3.30. The first kappa shape index (κ1) is 22.9. The molecule has 2 amide bonds. The second kappa shape index (κ2) is 11.0. The van der Waals surface area contributed by atoms with Gasteiger partial charge in [-0.15, -0.1) is 6.58 Å². The molecule has 0 aliphatic carbocycles. The van der Waals surface area contributed by atoms with Crippen LogP contribution in [0, 0.1) is 12.7 Å². The van der Waals surface area contributed by atoms with E-state index in [2.05, 4.69) is 17.2 Å². The molecule has 160 valence electrons. The summed E-state index contributed by atoms with van der Waals surface area (Å²) in [5.41, 5.74) is 8.78. The van der Waals surface area contributed by atoms with Gasteiger partial charge < -0.3 is 21.3 Å². The fourth-order valence-electron chi connectivity index (χ4n) is 3.30. The van der Waals surface area contributed by atoms with E-state index in [1.807, 2.05) is 25.1 Å². The van der Waals surface area contributed by atoms with E-state index in [-0.39, 0.29) is 24.7 Å². The number of carbonyl (C=O) groups excluding carboxylic acids is 2. The predicted octanol–water partition coefficient (Wildman–Crippen LogP) is 3.37. The zero-order chi connectivity index (χ0) is 22.1. The molecule has 1 unspecified atom stereocenters. The average Bonchev–Trinajstić information content (AvgIpc) is 2.75. The number of aryl methyl sites for hydroxylation is 1. The molecule has 0 bridgehead atoms. The van der Waals surface area contributed by atoms with Gasteiger partial charge in [-0.25, -0.2) is 4.39 Å². The van der Waals surface area contributed by atoms with Gasteiger partial charge in [-0.1, -0.05) is 30.3 Å². The van der Waals surface area contributed by atoms with Crippen molar-refractivity contribution in [1.82, 2.24) is 10.2 Å². The standard InChI is InChI=1S/C23H29FN4O2/c1-4-5-12-21(23(30)26-3)28(15-29)14-18-16(2)8-6-11-20(18)27-13-17-9-7-10-19(25)22(17)24/h4,6-11,15,21,27H,1,5,12-14,25H2,2-3H3,(H,26,30). The van der Waals surface area contributed by atoms with Gasteiger partial charge in [0.05, 0.1) is 5.69 Å². The third-order valence-corrected chi connectivity index (χ3v) is 5.06. The Labute approximate surface area is 177 Å². The molecule has 0 fully saturated rings. The summed E-state index contributed by atoms with van der Waals surface area (Å²) in [6.07, 6.45) is 3.50. The van der Waals surface area contributed by atoms with Crippen LogP contribution >= 0.6 is 0 Å². The van der Waals surface area contributed by atoms with Gasteiger partial charge in [-0.05, 0) is 43.0 Å². The first-order valence-corrected chi connectivity index (χ1v) is 9.81. The molecule has 2 aromatic rings. The van der Waals surface area contributed by atoms with E-state index in [9.17, 15) is 14.0 Å². The van der Waals surface area contributed by atoms with Crippen LogP contribution in [0.15, 0.2) is 49.1 Å². The van der Waals surface area contributed by atoms with Crippen LogP contribution in [0.25, 0.3) is 0 Å². The maximum absolute atomic E-state index is 14.2. The van der Waals surface area contributed by atoms with E-state index >= 15 is 0 Å². The molecule has 2 aromatic carbocycles. The number of halogens is 1. The summed E-state index contributed by atoms with van der Waals surface area (Å²) in [6.45, 7) is 6.11.